The van der Waals surface area contributed by atoms with Crippen LogP contribution in [-0.4, -0.2) is 15.5 Å². The van der Waals surface area contributed by atoms with Crippen molar-refractivity contribution in [2.45, 2.75) is 19.4 Å². The molecule has 0 unspecified atom stereocenters. The second-order valence-electron chi connectivity index (χ2n) is 6.00. The molecule has 1 aromatic heterocycles. The van der Waals surface area contributed by atoms with Crippen molar-refractivity contribution in [3.8, 4) is 0 Å². The number of hydrogen-bond acceptors (Lipinski definition) is 3. The van der Waals surface area contributed by atoms with Gasteiger partial charge in [0.2, 0.25) is 5.91 Å². The van der Waals surface area contributed by atoms with E-state index in [1.807, 2.05) is 59.2 Å². The summed E-state index contributed by atoms with van der Waals surface area (Å²) >= 11 is 0. The van der Waals surface area contributed by atoms with Gasteiger partial charge in [0.25, 0.3) is 0 Å². The van der Waals surface area contributed by atoms with Gasteiger partial charge in [0, 0.05) is 13.0 Å². The lowest BCUT2D eigenvalue weighted by Gasteiger charge is -2.10. The summed E-state index contributed by atoms with van der Waals surface area (Å²) in [4.78, 5) is 19.2. The molecule has 3 N–H and O–H groups in total. The number of nitrogens with zero attached hydrogens (tertiary/aromatic N) is 3. The Kier molecular flexibility index (Phi) is 5.30. The molecule has 0 aliphatic heterocycles. The summed E-state index contributed by atoms with van der Waals surface area (Å²) in [6.07, 6.45) is 2.53. The molecule has 3 aromatic rings. The van der Waals surface area contributed by atoms with Crippen LogP contribution in [0.3, 0.4) is 0 Å². The molecule has 0 fully saturated rings. The van der Waals surface area contributed by atoms with Gasteiger partial charge < -0.3 is 10.3 Å². The highest BCUT2D eigenvalue weighted by Gasteiger charge is 2.14. The first-order chi connectivity index (χ1) is 12.7. The molecular weight excluding hydrogens is 326 g/mol. The molecule has 0 radical (unpaired) electrons. The van der Waals surface area contributed by atoms with E-state index in [0.717, 1.165) is 28.2 Å². The summed E-state index contributed by atoms with van der Waals surface area (Å²) in [5, 5.41) is 0. The number of rotatable bonds is 7. The molecule has 6 nitrogen and oxygen atoms in total. The van der Waals surface area contributed by atoms with Gasteiger partial charge in [-0.05, 0) is 23.3 Å². The van der Waals surface area contributed by atoms with Crippen LogP contribution in [0.5, 0.6) is 0 Å². The number of nitrogens with two attached hydrogens (primary N) is 1. The smallest absolute Gasteiger partial charge is 0.223 e. The summed E-state index contributed by atoms with van der Waals surface area (Å²) in [6, 6.07) is 17.6. The Balaban J connectivity index is 1.88. The minimum Gasteiger partial charge on any atom is -0.369 e. The number of primary amides is 1. The first-order valence-electron chi connectivity index (χ1n) is 8.22. The molecule has 0 spiro atoms. The zero-order valence-corrected chi connectivity index (χ0v) is 14.2. The van der Waals surface area contributed by atoms with Crippen LogP contribution in [0, 0.1) is 6.57 Å². The highest BCUT2D eigenvalue weighted by molar-refractivity contribution is 5.76. The predicted octanol–water partition coefficient (Wildman–Crippen LogP) is 2.80. The van der Waals surface area contributed by atoms with Gasteiger partial charge in [-0.1, -0.05) is 47.9 Å². The summed E-state index contributed by atoms with van der Waals surface area (Å²) < 4.78 is 1.94. The third-order valence-corrected chi connectivity index (χ3v) is 4.05. The number of anilines is 1. The minimum atomic E-state index is -0.385. The molecule has 6 heteroatoms. The lowest BCUT2D eigenvalue weighted by Crippen LogP contribution is -2.18. The molecule has 0 saturated heterocycles. The number of aromatic nitrogens is 2. The van der Waals surface area contributed by atoms with Crippen molar-refractivity contribution in [3.63, 3.8) is 0 Å². The zero-order chi connectivity index (χ0) is 18.4. The van der Waals surface area contributed by atoms with Gasteiger partial charge in [-0.25, -0.2) is 4.98 Å². The van der Waals surface area contributed by atoms with E-state index in [4.69, 9.17) is 12.3 Å². The highest BCUT2D eigenvalue weighted by atomic mass is 16.1. The Morgan fingerprint density at radius 2 is 1.92 bits per heavy atom. The van der Waals surface area contributed by atoms with Crippen molar-refractivity contribution in [1.82, 2.24) is 9.55 Å². The first-order valence-corrected chi connectivity index (χ1v) is 8.22. The van der Waals surface area contributed by atoms with Crippen LogP contribution < -0.4 is 11.2 Å². The molecule has 3 rings (SSSR count). The lowest BCUT2D eigenvalue weighted by molar-refractivity contribution is -0.117. The Morgan fingerprint density at radius 3 is 2.65 bits per heavy atom. The Bertz CT molecular complexity index is 940. The van der Waals surface area contributed by atoms with Crippen LogP contribution in [0.1, 0.15) is 22.5 Å². The summed E-state index contributed by atoms with van der Waals surface area (Å²) in [6.45, 7) is 7.45. The topological polar surface area (TPSA) is 77.3 Å². The molecule has 0 bridgehead atoms. The summed E-state index contributed by atoms with van der Waals surface area (Å²) in [5.74, 6) is -0.385. The average molecular weight is 345 g/mol. The third-order valence-electron chi connectivity index (χ3n) is 4.05. The highest BCUT2D eigenvalue weighted by Crippen LogP contribution is 2.17. The van der Waals surface area contributed by atoms with Crippen LogP contribution in [0.2, 0.25) is 0 Å². The first kappa shape index (κ1) is 17.2. The van der Waals surface area contributed by atoms with E-state index in [1.54, 1.807) is 6.33 Å². The summed E-state index contributed by atoms with van der Waals surface area (Å²) in [7, 11) is 0. The second-order valence-corrected chi connectivity index (χ2v) is 6.00. The quantitative estimate of drug-likeness (QED) is 0.511. The number of carbonyl (C=O) groups is 1. The van der Waals surface area contributed by atoms with Crippen LogP contribution in [0.25, 0.3) is 4.95 Å². The predicted molar refractivity (Wildman–Crippen MR) is 100 cm³/mol. The van der Waals surface area contributed by atoms with Gasteiger partial charge >= 0.3 is 0 Å². The maximum Gasteiger partial charge on any atom is 0.223 e. The van der Waals surface area contributed by atoms with Gasteiger partial charge in [-0.2, -0.15) is 11.5 Å². The Labute approximate surface area is 152 Å². The normalized spacial score (nSPS) is 10.3. The molecule has 0 saturated carbocycles. The number of nitrogens with one attached hydrogen (secondary N) is 1. The van der Waals surface area contributed by atoms with Gasteiger partial charge in [0.1, 0.15) is 5.69 Å². The van der Waals surface area contributed by atoms with Gasteiger partial charge in [-0.15, -0.1) is 0 Å². The van der Waals surface area contributed by atoms with Gasteiger partial charge in [0.05, 0.1) is 24.1 Å². The largest absolute Gasteiger partial charge is 0.369 e. The van der Waals surface area contributed by atoms with Crippen LogP contribution in [0.15, 0.2) is 60.9 Å². The molecule has 0 aliphatic rings. The molecule has 0 atom stereocenters. The maximum atomic E-state index is 11.6. The Hall–Kier alpha value is -3.59. The molecule has 2 aromatic carbocycles. The molecule has 1 amide bonds. The van der Waals surface area contributed by atoms with E-state index in [9.17, 15) is 4.79 Å². The van der Waals surface area contributed by atoms with Crippen molar-refractivity contribution in [2.75, 3.05) is 5.43 Å². The van der Waals surface area contributed by atoms with E-state index in [0.29, 0.717) is 13.0 Å². The number of benzene rings is 2. The monoisotopic (exact) mass is 345 g/mol. The minimum absolute atomic E-state index is 0.141. The third kappa shape index (κ3) is 4.28. The molecule has 26 heavy (non-hydrogen) atoms. The SMILES string of the molecule is [C-]#[N+]Nc1cccc(Cn2cnc(Cc3ccccc3)c2CC(N)=O)c1. The zero-order valence-electron chi connectivity index (χ0n) is 14.2. The molecule has 0 aliphatic carbocycles. The molecule has 130 valence electrons. The van der Waals surface area contributed by atoms with Crippen LogP contribution in [0.4, 0.5) is 5.69 Å². The molecular formula is C20H19N5O. The fourth-order valence-corrected chi connectivity index (χ4v) is 2.89. The van der Waals surface area contributed by atoms with Gasteiger partial charge in [-0.3, -0.25) is 4.79 Å². The molecule has 1 heterocycles. The van der Waals surface area contributed by atoms with E-state index in [1.165, 1.54) is 0 Å². The van der Waals surface area contributed by atoms with Gasteiger partial charge in [0.15, 0.2) is 0 Å². The fourth-order valence-electron chi connectivity index (χ4n) is 2.89. The van der Waals surface area contributed by atoms with Crippen molar-refractivity contribution in [3.05, 3.63) is 95.0 Å². The number of carbonyl (C=O) groups excluding carboxylic acids is 1. The maximum absolute atomic E-state index is 11.6. The van der Waals surface area contributed by atoms with Crippen molar-refractivity contribution < 1.29 is 4.79 Å². The van der Waals surface area contributed by atoms with Crippen LogP contribution >= 0.6 is 0 Å². The summed E-state index contributed by atoms with van der Waals surface area (Å²) in [5.41, 5.74) is 12.6. The number of amides is 1. The van der Waals surface area contributed by atoms with Crippen molar-refractivity contribution in [2.24, 2.45) is 5.73 Å². The average Bonchev–Trinajstić information content (AvgIpc) is 2.97. The van der Waals surface area contributed by atoms with Crippen LogP contribution in [-0.2, 0) is 24.2 Å². The Morgan fingerprint density at radius 1 is 1.15 bits per heavy atom. The van der Waals surface area contributed by atoms with E-state index in [-0.39, 0.29) is 12.3 Å². The van der Waals surface area contributed by atoms with E-state index in [2.05, 4.69) is 15.4 Å². The van der Waals surface area contributed by atoms with E-state index >= 15 is 0 Å². The standard InChI is InChI=1S/C20H19N5O/c1-22-24-17-9-5-8-16(10-17)13-25-14-23-18(19(25)12-20(21)26)11-15-6-3-2-4-7-15/h2-10,14,24H,11-13H2,(H2,21,26). The van der Waals surface area contributed by atoms with E-state index < -0.39 is 0 Å². The second kappa shape index (κ2) is 7.99. The lowest BCUT2D eigenvalue weighted by atomic mass is 10.1. The van der Waals surface area contributed by atoms with Crippen molar-refractivity contribution >= 4 is 11.6 Å². The number of imidazole rings is 1. The fraction of sp³-hybridized carbons (Fsp3) is 0.150. The van der Waals surface area contributed by atoms with Crippen molar-refractivity contribution in [1.29, 1.82) is 0 Å². The number of hydrogen-bond donors (Lipinski definition) is 2.